The summed E-state index contributed by atoms with van der Waals surface area (Å²) in [4.78, 5) is 28.4. The number of esters is 2. The molecule has 1 aromatic heterocycles. The minimum atomic E-state index is -0.489. The Bertz CT molecular complexity index is 476. The van der Waals surface area contributed by atoms with Gasteiger partial charge in [-0.25, -0.2) is 14.6 Å². The highest BCUT2D eigenvalue weighted by molar-refractivity contribution is 5.87. The van der Waals surface area contributed by atoms with E-state index in [1.54, 1.807) is 32.3 Å². The average Bonchev–Trinajstić information content (AvgIpc) is 2.96. The zero-order chi connectivity index (χ0) is 16.3. The third kappa shape index (κ3) is 8.99. The van der Waals surface area contributed by atoms with E-state index in [2.05, 4.69) is 39.2 Å². The number of H-pyrrole nitrogens is 1. The van der Waals surface area contributed by atoms with Gasteiger partial charge < -0.3 is 14.5 Å². The van der Waals surface area contributed by atoms with Gasteiger partial charge in [0.05, 0.1) is 0 Å². The van der Waals surface area contributed by atoms with Crippen LogP contribution in [-0.2, 0) is 19.1 Å². The van der Waals surface area contributed by atoms with Crippen LogP contribution >= 0.6 is 0 Å². The number of hydrogen-bond donors (Lipinski definition) is 1. The Hall–Kier alpha value is -2.63. The standard InChI is InChI=1S/C10H14O4.C5H6N2/c1-7(2)9(11)13-5-6-14-10(12)8(3)4;1-2-5-6-3-4-7-5/h1,3,5-6H2,2,4H3;2-4H,1H2,(H,6,7). The first-order valence-corrected chi connectivity index (χ1v) is 6.15. The molecule has 1 N–H and O–H groups in total. The van der Waals surface area contributed by atoms with Crippen molar-refractivity contribution in [1.29, 1.82) is 0 Å². The van der Waals surface area contributed by atoms with E-state index in [0.717, 1.165) is 5.82 Å². The minimum Gasteiger partial charge on any atom is -0.459 e. The zero-order valence-corrected chi connectivity index (χ0v) is 12.3. The molecule has 0 bridgehead atoms. The SMILES string of the molecule is C=C(C)C(=O)OCCOC(=O)C(=C)C.C=Cc1ncc[nH]1. The largest absolute Gasteiger partial charge is 0.459 e. The highest BCUT2D eigenvalue weighted by Gasteiger charge is 2.05. The molecule has 0 fully saturated rings. The number of rotatable bonds is 6. The summed E-state index contributed by atoms with van der Waals surface area (Å²) in [6.45, 7) is 13.5. The van der Waals surface area contributed by atoms with Crippen molar-refractivity contribution < 1.29 is 19.1 Å². The van der Waals surface area contributed by atoms with Crippen molar-refractivity contribution in [1.82, 2.24) is 9.97 Å². The van der Waals surface area contributed by atoms with Gasteiger partial charge in [-0.1, -0.05) is 19.7 Å². The number of imidazole rings is 1. The average molecular weight is 292 g/mol. The van der Waals surface area contributed by atoms with E-state index in [4.69, 9.17) is 0 Å². The van der Waals surface area contributed by atoms with Crippen LogP contribution in [0.4, 0.5) is 0 Å². The number of carbonyl (C=O) groups excluding carboxylic acids is 2. The molecule has 21 heavy (non-hydrogen) atoms. The zero-order valence-electron chi connectivity index (χ0n) is 12.3. The Morgan fingerprint density at radius 1 is 1.19 bits per heavy atom. The van der Waals surface area contributed by atoms with Gasteiger partial charge in [-0.3, -0.25) is 0 Å². The van der Waals surface area contributed by atoms with E-state index in [-0.39, 0.29) is 13.2 Å². The van der Waals surface area contributed by atoms with Crippen LogP contribution < -0.4 is 0 Å². The van der Waals surface area contributed by atoms with E-state index in [9.17, 15) is 9.59 Å². The monoisotopic (exact) mass is 292 g/mol. The normalized spacial score (nSPS) is 8.86. The van der Waals surface area contributed by atoms with E-state index < -0.39 is 11.9 Å². The summed E-state index contributed by atoms with van der Waals surface area (Å²) in [7, 11) is 0. The van der Waals surface area contributed by atoms with Gasteiger partial charge in [0, 0.05) is 23.5 Å². The molecular weight excluding hydrogens is 272 g/mol. The van der Waals surface area contributed by atoms with Crippen molar-refractivity contribution >= 4 is 18.0 Å². The predicted molar refractivity (Wildman–Crippen MR) is 80.2 cm³/mol. The molecule has 0 aliphatic heterocycles. The number of carbonyl (C=O) groups is 2. The summed E-state index contributed by atoms with van der Waals surface area (Å²) < 4.78 is 9.38. The van der Waals surface area contributed by atoms with Crippen LogP contribution in [-0.4, -0.2) is 35.1 Å². The van der Waals surface area contributed by atoms with Crippen LogP contribution in [0.25, 0.3) is 6.08 Å². The third-order valence-corrected chi connectivity index (χ3v) is 1.96. The Labute approximate surface area is 124 Å². The van der Waals surface area contributed by atoms with Gasteiger partial charge in [0.15, 0.2) is 0 Å². The first kappa shape index (κ1) is 18.4. The number of hydrogen-bond acceptors (Lipinski definition) is 5. The summed E-state index contributed by atoms with van der Waals surface area (Å²) in [6.07, 6.45) is 5.12. The molecule has 0 aliphatic rings. The lowest BCUT2D eigenvalue weighted by molar-refractivity contribution is -0.147. The van der Waals surface area contributed by atoms with Crippen molar-refractivity contribution in [3.63, 3.8) is 0 Å². The van der Waals surface area contributed by atoms with Gasteiger partial charge in [-0.15, -0.1) is 0 Å². The summed E-state index contributed by atoms with van der Waals surface area (Å²) in [5, 5.41) is 0. The molecule has 0 saturated heterocycles. The molecule has 0 spiro atoms. The van der Waals surface area contributed by atoms with Crippen LogP contribution in [0.1, 0.15) is 19.7 Å². The van der Waals surface area contributed by atoms with Crippen LogP contribution in [0.5, 0.6) is 0 Å². The van der Waals surface area contributed by atoms with Crippen molar-refractivity contribution in [3.05, 3.63) is 49.1 Å². The first-order valence-electron chi connectivity index (χ1n) is 6.15. The topological polar surface area (TPSA) is 81.3 Å². The highest BCUT2D eigenvalue weighted by Crippen LogP contribution is 1.94. The van der Waals surface area contributed by atoms with Crippen LogP contribution in [0.3, 0.4) is 0 Å². The van der Waals surface area contributed by atoms with Crippen LogP contribution in [0.2, 0.25) is 0 Å². The lowest BCUT2D eigenvalue weighted by Gasteiger charge is -2.05. The maximum atomic E-state index is 10.8. The Kier molecular flexibility index (Phi) is 8.92. The molecule has 0 unspecified atom stereocenters. The fraction of sp³-hybridized carbons (Fsp3) is 0.267. The molecule has 114 valence electrons. The molecular formula is C15H20N2O4. The van der Waals surface area contributed by atoms with Gasteiger partial charge in [0.1, 0.15) is 19.0 Å². The van der Waals surface area contributed by atoms with Gasteiger partial charge in [-0.05, 0) is 19.9 Å². The maximum absolute atomic E-state index is 10.8. The van der Waals surface area contributed by atoms with E-state index in [0.29, 0.717) is 11.1 Å². The molecule has 0 amide bonds. The highest BCUT2D eigenvalue weighted by atomic mass is 16.6. The molecule has 0 radical (unpaired) electrons. The molecule has 0 saturated carbocycles. The lowest BCUT2D eigenvalue weighted by Crippen LogP contribution is -2.14. The number of ether oxygens (including phenoxy) is 2. The third-order valence-electron chi connectivity index (χ3n) is 1.96. The van der Waals surface area contributed by atoms with E-state index in [1.807, 2.05) is 0 Å². The summed E-state index contributed by atoms with van der Waals surface area (Å²) in [5.74, 6) is -0.159. The number of nitrogens with zero attached hydrogens (tertiary/aromatic N) is 1. The van der Waals surface area contributed by atoms with Crippen molar-refractivity contribution in [2.75, 3.05) is 13.2 Å². The van der Waals surface area contributed by atoms with E-state index >= 15 is 0 Å². The molecule has 6 nitrogen and oxygen atoms in total. The summed E-state index contributed by atoms with van der Waals surface area (Å²) in [5.41, 5.74) is 0.632. The van der Waals surface area contributed by atoms with E-state index in [1.165, 1.54) is 0 Å². The smallest absolute Gasteiger partial charge is 0.333 e. The summed E-state index contributed by atoms with van der Waals surface area (Å²) in [6, 6.07) is 0. The van der Waals surface area contributed by atoms with Crippen molar-refractivity contribution in [3.8, 4) is 0 Å². The molecule has 1 rings (SSSR count). The molecule has 0 aliphatic carbocycles. The second-order valence-electron chi connectivity index (χ2n) is 4.01. The Morgan fingerprint density at radius 3 is 1.90 bits per heavy atom. The fourth-order valence-electron chi connectivity index (χ4n) is 0.904. The molecule has 0 atom stereocenters. The van der Waals surface area contributed by atoms with Gasteiger partial charge in [-0.2, -0.15) is 0 Å². The number of nitrogens with one attached hydrogen (secondary N) is 1. The van der Waals surface area contributed by atoms with Crippen LogP contribution in [0, 0.1) is 0 Å². The fourth-order valence-corrected chi connectivity index (χ4v) is 0.904. The quantitative estimate of drug-likeness (QED) is 0.494. The second kappa shape index (κ2) is 10.2. The molecule has 1 heterocycles. The van der Waals surface area contributed by atoms with Gasteiger partial charge >= 0.3 is 11.9 Å². The molecule has 1 aromatic rings. The lowest BCUT2D eigenvalue weighted by atomic mass is 10.4. The first-order chi connectivity index (χ1) is 9.88. The molecule has 0 aromatic carbocycles. The predicted octanol–water partition coefficient (Wildman–Crippen LogP) is 2.28. The van der Waals surface area contributed by atoms with Gasteiger partial charge in [0.25, 0.3) is 0 Å². The number of aromatic nitrogens is 2. The molecule has 6 heteroatoms. The Balaban J connectivity index is 0.000000471. The summed E-state index contributed by atoms with van der Waals surface area (Å²) >= 11 is 0. The maximum Gasteiger partial charge on any atom is 0.333 e. The Morgan fingerprint density at radius 2 is 1.67 bits per heavy atom. The van der Waals surface area contributed by atoms with Gasteiger partial charge in [0.2, 0.25) is 0 Å². The number of aromatic amines is 1. The van der Waals surface area contributed by atoms with Crippen LogP contribution in [0.15, 0.2) is 43.3 Å². The minimum absolute atomic E-state index is 0.0325. The van der Waals surface area contributed by atoms with Crippen molar-refractivity contribution in [2.45, 2.75) is 13.8 Å². The van der Waals surface area contributed by atoms with Crippen molar-refractivity contribution in [2.24, 2.45) is 0 Å². The second-order valence-corrected chi connectivity index (χ2v) is 4.01.